The van der Waals surface area contributed by atoms with Gasteiger partial charge in [0.2, 0.25) is 0 Å². The fraction of sp³-hybridized carbons (Fsp3) is 0.611. The molecule has 0 radical (unpaired) electrons. The van der Waals surface area contributed by atoms with Crippen LogP contribution in [0.5, 0.6) is 0 Å². The average Bonchev–Trinajstić information content (AvgIpc) is 2.99. The number of nitrogens with one attached hydrogen (secondary N) is 1. The number of fused-ring (bicyclic) bond motifs is 1. The molecule has 1 amide bonds. The van der Waals surface area contributed by atoms with Crippen LogP contribution in [0.1, 0.15) is 54.1 Å². The molecule has 1 fully saturated rings. The van der Waals surface area contributed by atoms with Gasteiger partial charge in [0.1, 0.15) is 0 Å². The van der Waals surface area contributed by atoms with E-state index in [2.05, 4.69) is 41.9 Å². The summed E-state index contributed by atoms with van der Waals surface area (Å²) in [6, 6.07) is 4.66. The van der Waals surface area contributed by atoms with Gasteiger partial charge >= 0.3 is 0 Å². The molecular formula is C18H26N2OS. The van der Waals surface area contributed by atoms with E-state index >= 15 is 0 Å². The van der Waals surface area contributed by atoms with Crippen molar-refractivity contribution in [2.45, 2.75) is 56.4 Å². The summed E-state index contributed by atoms with van der Waals surface area (Å²) in [5.41, 5.74) is 3.45. The van der Waals surface area contributed by atoms with Gasteiger partial charge in [0.15, 0.2) is 0 Å². The highest BCUT2D eigenvalue weighted by Gasteiger charge is 2.24. The van der Waals surface area contributed by atoms with Crippen LogP contribution < -0.4 is 5.32 Å². The van der Waals surface area contributed by atoms with Crippen molar-refractivity contribution in [2.24, 2.45) is 0 Å². The number of rotatable bonds is 4. The predicted octanol–water partition coefficient (Wildman–Crippen LogP) is 3.07. The average molecular weight is 318 g/mol. The number of nitrogens with zero attached hydrogens (tertiary/aromatic N) is 1. The van der Waals surface area contributed by atoms with E-state index in [9.17, 15) is 4.79 Å². The van der Waals surface area contributed by atoms with Crippen LogP contribution in [0.3, 0.4) is 0 Å². The van der Waals surface area contributed by atoms with Crippen LogP contribution in [0.25, 0.3) is 0 Å². The monoisotopic (exact) mass is 318 g/mol. The van der Waals surface area contributed by atoms with Gasteiger partial charge in [-0.3, -0.25) is 9.69 Å². The summed E-state index contributed by atoms with van der Waals surface area (Å²) >= 11 is 4.54. The number of aryl methyl sites for hydroxylation is 2. The van der Waals surface area contributed by atoms with Crippen molar-refractivity contribution in [1.29, 1.82) is 0 Å². The Labute approximate surface area is 138 Å². The van der Waals surface area contributed by atoms with Crippen LogP contribution in [0.4, 0.5) is 0 Å². The lowest BCUT2D eigenvalue weighted by Crippen LogP contribution is -2.40. The van der Waals surface area contributed by atoms with Crippen LogP contribution in [-0.4, -0.2) is 36.5 Å². The molecule has 0 bridgehead atoms. The number of carbonyl (C=O) groups excluding carboxylic acids is 1. The van der Waals surface area contributed by atoms with E-state index in [0.29, 0.717) is 6.04 Å². The quantitative estimate of drug-likeness (QED) is 0.836. The van der Waals surface area contributed by atoms with E-state index in [1.165, 1.54) is 36.8 Å². The van der Waals surface area contributed by atoms with Crippen molar-refractivity contribution in [3.05, 3.63) is 28.8 Å². The minimum Gasteiger partial charge on any atom is -0.350 e. The van der Waals surface area contributed by atoms with Crippen molar-refractivity contribution in [2.75, 3.05) is 19.6 Å². The summed E-state index contributed by atoms with van der Waals surface area (Å²) in [4.78, 5) is 15.8. The zero-order valence-electron chi connectivity index (χ0n) is 13.4. The van der Waals surface area contributed by atoms with Crippen molar-refractivity contribution in [3.63, 3.8) is 0 Å². The topological polar surface area (TPSA) is 32.3 Å². The number of likely N-dealkylation sites (N-methyl/N-ethyl adjacent to an activating group) is 1. The van der Waals surface area contributed by atoms with E-state index in [1.807, 2.05) is 0 Å². The molecule has 22 heavy (non-hydrogen) atoms. The number of thiol groups is 1. The number of hydrogen-bond donors (Lipinski definition) is 2. The first-order chi connectivity index (χ1) is 10.7. The van der Waals surface area contributed by atoms with Crippen molar-refractivity contribution in [3.8, 4) is 0 Å². The molecule has 4 heteroatoms. The summed E-state index contributed by atoms with van der Waals surface area (Å²) in [7, 11) is 0. The zero-order valence-corrected chi connectivity index (χ0v) is 14.3. The van der Waals surface area contributed by atoms with E-state index in [-0.39, 0.29) is 5.91 Å². The molecule has 120 valence electrons. The van der Waals surface area contributed by atoms with Gasteiger partial charge in [-0.05, 0) is 74.9 Å². The Bertz CT molecular complexity index is 558. The molecule has 1 saturated heterocycles. The minimum atomic E-state index is 0.0290. The molecular weight excluding hydrogens is 292 g/mol. The third kappa shape index (κ3) is 3.33. The lowest BCUT2D eigenvalue weighted by molar-refractivity contribution is 0.0938. The van der Waals surface area contributed by atoms with Crippen LogP contribution in [-0.2, 0) is 12.8 Å². The number of hydrogen-bond acceptors (Lipinski definition) is 3. The lowest BCUT2D eigenvalue weighted by Gasteiger charge is -2.23. The maximum absolute atomic E-state index is 12.5. The standard InChI is InChI=1S/C18H26N2OS/c1-2-20-9-5-8-15(20)12-19-18(21)16-10-13-6-3-4-7-14(13)11-17(16)22/h10-11,15,22H,2-9,12H2,1H3,(H,19,21). The van der Waals surface area contributed by atoms with Gasteiger partial charge in [0.25, 0.3) is 5.91 Å². The van der Waals surface area contributed by atoms with Gasteiger partial charge in [-0.2, -0.15) is 0 Å². The summed E-state index contributed by atoms with van der Waals surface area (Å²) in [5.74, 6) is 0.0290. The number of benzene rings is 1. The summed E-state index contributed by atoms with van der Waals surface area (Å²) in [6.07, 6.45) is 7.12. The van der Waals surface area contributed by atoms with Crippen molar-refractivity contribution >= 4 is 18.5 Å². The zero-order chi connectivity index (χ0) is 15.5. The largest absolute Gasteiger partial charge is 0.350 e. The van der Waals surface area contributed by atoms with Gasteiger partial charge in [-0.1, -0.05) is 6.92 Å². The van der Waals surface area contributed by atoms with Crippen molar-refractivity contribution < 1.29 is 4.79 Å². The van der Waals surface area contributed by atoms with Gasteiger partial charge in [0.05, 0.1) is 5.56 Å². The molecule has 1 aliphatic heterocycles. The maximum atomic E-state index is 12.5. The van der Waals surface area contributed by atoms with Crippen LogP contribution in [0.15, 0.2) is 17.0 Å². The number of carbonyl (C=O) groups is 1. The van der Waals surface area contributed by atoms with E-state index in [0.717, 1.165) is 42.9 Å². The number of amides is 1. The molecule has 1 heterocycles. The van der Waals surface area contributed by atoms with E-state index < -0.39 is 0 Å². The third-order valence-electron chi connectivity index (χ3n) is 5.11. The Hall–Kier alpha value is -1.00. The lowest BCUT2D eigenvalue weighted by atomic mass is 9.90. The molecule has 1 N–H and O–H groups in total. The molecule has 1 unspecified atom stereocenters. The first kappa shape index (κ1) is 15.9. The summed E-state index contributed by atoms with van der Waals surface area (Å²) in [5, 5.41) is 3.12. The fourth-order valence-corrected chi connectivity index (χ4v) is 4.12. The third-order valence-corrected chi connectivity index (χ3v) is 5.48. The predicted molar refractivity (Wildman–Crippen MR) is 92.9 cm³/mol. The second-order valence-corrected chi connectivity index (χ2v) is 6.96. The molecule has 1 atom stereocenters. The Balaban J connectivity index is 1.67. The highest BCUT2D eigenvalue weighted by Crippen LogP contribution is 2.27. The second-order valence-electron chi connectivity index (χ2n) is 6.48. The molecule has 0 spiro atoms. The second kappa shape index (κ2) is 7.05. The fourth-order valence-electron chi connectivity index (χ4n) is 3.80. The Kier molecular flexibility index (Phi) is 5.09. The van der Waals surface area contributed by atoms with Gasteiger partial charge < -0.3 is 5.32 Å². The number of likely N-dealkylation sites (tertiary alicyclic amines) is 1. The van der Waals surface area contributed by atoms with Gasteiger partial charge in [0, 0.05) is 17.5 Å². The maximum Gasteiger partial charge on any atom is 0.252 e. The van der Waals surface area contributed by atoms with Gasteiger partial charge in [-0.15, -0.1) is 12.6 Å². The summed E-state index contributed by atoms with van der Waals surface area (Å²) in [6.45, 7) is 5.16. The molecule has 1 aromatic rings. The molecule has 3 rings (SSSR count). The highest BCUT2D eigenvalue weighted by molar-refractivity contribution is 7.80. The Morgan fingerprint density at radius 3 is 2.73 bits per heavy atom. The van der Waals surface area contributed by atoms with Crippen LogP contribution in [0, 0.1) is 0 Å². The SMILES string of the molecule is CCN1CCCC1CNC(=O)c1cc2c(cc1S)CCCC2. The summed E-state index contributed by atoms with van der Waals surface area (Å²) < 4.78 is 0. The minimum absolute atomic E-state index is 0.0290. The molecule has 3 nitrogen and oxygen atoms in total. The molecule has 2 aliphatic rings. The first-order valence-electron chi connectivity index (χ1n) is 8.56. The van der Waals surface area contributed by atoms with Crippen molar-refractivity contribution in [1.82, 2.24) is 10.2 Å². The first-order valence-corrected chi connectivity index (χ1v) is 9.00. The molecule has 0 saturated carbocycles. The molecule has 0 aromatic heterocycles. The highest BCUT2D eigenvalue weighted by atomic mass is 32.1. The Morgan fingerprint density at radius 2 is 2.00 bits per heavy atom. The van der Waals surface area contributed by atoms with E-state index in [1.54, 1.807) is 0 Å². The van der Waals surface area contributed by atoms with E-state index in [4.69, 9.17) is 0 Å². The molecule has 1 aliphatic carbocycles. The molecule has 1 aromatic carbocycles. The smallest absolute Gasteiger partial charge is 0.252 e. The Morgan fingerprint density at radius 1 is 1.27 bits per heavy atom. The van der Waals surface area contributed by atoms with Crippen LogP contribution in [0.2, 0.25) is 0 Å². The van der Waals surface area contributed by atoms with Gasteiger partial charge in [-0.25, -0.2) is 0 Å². The van der Waals surface area contributed by atoms with Crippen LogP contribution >= 0.6 is 12.6 Å². The normalized spacial score (nSPS) is 21.6.